The minimum atomic E-state index is -0.533. The van der Waals surface area contributed by atoms with Crippen LogP contribution in [0.3, 0.4) is 0 Å². The molecule has 3 aromatic rings. The van der Waals surface area contributed by atoms with Crippen LogP contribution in [-0.4, -0.2) is 48.9 Å². The van der Waals surface area contributed by atoms with E-state index in [1.165, 1.54) is 16.8 Å². The summed E-state index contributed by atoms with van der Waals surface area (Å²) in [7, 11) is 4.95. The molecule has 3 rings (SSSR count). The van der Waals surface area contributed by atoms with Crippen LogP contribution >= 0.6 is 12.4 Å². The Kier molecular flexibility index (Phi) is 8.08. The molecule has 0 saturated carbocycles. The lowest BCUT2D eigenvalue weighted by molar-refractivity contribution is -0.117. The Bertz CT molecular complexity index is 1240. The van der Waals surface area contributed by atoms with E-state index in [4.69, 9.17) is 11.5 Å². The number of aryl methyl sites for hydroxylation is 3. The van der Waals surface area contributed by atoms with Crippen LogP contribution in [0.1, 0.15) is 38.0 Å². The average molecular weight is 492 g/mol. The third-order valence-corrected chi connectivity index (χ3v) is 4.73. The summed E-state index contributed by atoms with van der Waals surface area (Å²) in [5.74, 6) is -1.69. The van der Waals surface area contributed by atoms with Crippen molar-refractivity contribution in [2.45, 2.75) is 6.42 Å². The molecule has 0 spiro atoms. The van der Waals surface area contributed by atoms with Crippen LogP contribution in [0.15, 0.2) is 30.7 Å². The molecular weight excluding hydrogens is 466 g/mol. The maximum atomic E-state index is 12.7. The zero-order valence-electron chi connectivity index (χ0n) is 18.8. The second-order valence-electron chi connectivity index (χ2n) is 7.44. The van der Waals surface area contributed by atoms with Gasteiger partial charge in [-0.2, -0.15) is 0 Å². The minimum Gasteiger partial charge on any atom is -0.397 e. The number of primary amides is 1. The quantitative estimate of drug-likeness (QED) is 0.300. The molecule has 0 fully saturated rings. The van der Waals surface area contributed by atoms with E-state index in [0.29, 0.717) is 17.1 Å². The summed E-state index contributed by atoms with van der Waals surface area (Å²) in [6, 6.07) is 3.06. The molecule has 0 aliphatic carbocycles. The van der Waals surface area contributed by atoms with Crippen molar-refractivity contribution < 1.29 is 19.2 Å². The summed E-state index contributed by atoms with van der Waals surface area (Å²) >= 11 is 0. The van der Waals surface area contributed by atoms with Gasteiger partial charge in [0.15, 0.2) is 5.82 Å². The summed E-state index contributed by atoms with van der Waals surface area (Å²) in [6.45, 7) is 0.0793. The van der Waals surface area contributed by atoms with Gasteiger partial charge >= 0.3 is 0 Å². The van der Waals surface area contributed by atoms with Crippen molar-refractivity contribution in [1.29, 1.82) is 0 Å². The number of hydrogen-bond donors (Lipinski definition) is 5. The fourth-order valence-corrected chi connectivity index (χ4v) is 3.17. The van der Waals surface area contributed by atoms with Crippen molar-refractivity contribution in [1.82, 2.24) is 24.0 Å². The molecular formula is C20H26ClN9O4. The number of nitrogen functional groups attached to an aromatic ring is 1. The molecule has 14 heteroatoms. The molecule has 0 aliphatic rings. The first-order valence-electron chi connectivity index (χ1n) is 9.86. The highest BCUT2D eigenvalue weighted by Gasteiger charge is 2.19. The molecule has 13 nitrogen and oxygen atoms in total. The number of aromatic nitrogens is 4. The summed E-state index contributed by atoms with van der Waals surface area (Å²) in [5.41, 5.74) is 12.3. The lowest BCUT2D eigenvalue weighted by atomic mass is 10.3. The first kappa shape index (κ1) is 26.0. The Morgan fingerprint density at radius 3 is 2.12 bits per heavy atom. The standard InChI is InChI=1S/C20H25N9O4.ClH/c1-27-8-11(21)6-13(27)18(31)24-12-7-14(28(2)9-12)19(32)26-16-10-29(3)17(25-16)20(33)23-5-4-15(22)30;/h6-10H,4-5,21H2,1-3H3,(H2,22,30)(H,23,33)(H,24,31)(H,26,32);1H. The monoisotopic (exact) mass is 491 g/mol. The van der Waals surface area contributed by atoms with Crippen LogP contribution in [0.2, 0.25) is 0 Å². The number of imidazole rings is 1. The van der Waals surface area contributed by atoms with Crippen molar-refractivity contribution >= 4 is 53.2 Å². The van der Waals surface area contributed by atoms with Crippen molar-refractivity contribution in [2.75, 3.05) is 22.9 Å². The number of hydrogen-bond acceptors (Lipinski definition) is 6. The molecule has 34 heavy (non-hydrogen) atoms. The summed E-state index contributed by atoms with van der Waals surface area (Å²) in [5, 5.41) is 7.88. The third-order valence-electron chi connectivity index (χ3n) is 4.73. The zero-order chi connectivity index (χ0) is 24.3. The highest BCUT2D eigenvalue weighted by molar-refractivity contribution is 6.07. The van der Waals surface area contributed by atoms with Crippen LogP contribution in [0.4, 0.5) is 17.2 Å². The number of carbonyl (C=O) groups excluding carboxylic acids is 4. The lowest BCUT2D eigenvalue weighted by Crippen LogP contribution is -2.29. The highest BCUT2D eigenvalue weighted by atomic mass is 35.5. The Morgan fingerprint density at radius 1 is 0.882 bits per heavy atom. The highest BCUT2D eigenvalue weighted by Crippen LogP contribution is 2.17. The summed E-state index contributed by atoms with van der Waals surface area (Å²) < 4.78 is 4.59. The number of nitrogens with one attached hydrogen (secondary N) is 3. The third kappa shape index (κ3) is 5.95. The van der Waals surface area contributed by atoms with Crippen LogP contribution in [0.5, 0.6) is 0 Å². The summed E-state index contributed by atoms with van der Waals surface area (Å²) in [4.78, 5) is 52.3. The van der Waals surface area contributed by atoms with Gasteiger partial charge in [0.2, 0.25) is 11.7 Å². The molecule has 3 aromatic heterocycles. The first-order valence-corrected chi connectivity index (χ1v) is 9.86. The van der Waals surface area contributed by atoms with Gasteiger partial charge in [0.25, 0.3) is 17.7 Å². The van der Waals surface area contributed by atoms with Crippen molar-refractivity contribution in [3.8, 4) is 0 Å². The van der Waals surface area contributed by atoms with E-state index in [-0.39, 0.29) is 48.6 Å². The molecule has 0 atom stereocenters. The molecule has 0 aromatic carbocycles. The predicted molar refractivity (Wildman–Crippen MR) is 128 cm³/mol. The molecule has 3 heterocycles. The number of halogens is 1. The average Bonchev–Trinajstić information content (AvgIpc) is 3.37. The Morgan fingerprint density at radius 2 is 1.50 bits per heavy atom. The second kappa shape index (κ2) is 10.6. The predicted octanol–water partition coefficient (Wildman–Crippen LogP) is 0.211. The van der Waals surface area contributed by atoms with Gasteiger partial charge in [-0.25, -0.2) is 4.98 Å². The van der Waals surface area contributed by atoms with Gasteiger partial charge in [-0.15, -0.1) is 12.4 Å². The second-order valence-corrected chi connectivity index (χ2v) is 7.44. The number of nitrogens with zero attached hydrogens (tertiary/aromatic N) is 4. The van der Waals surface area contributed by atoms with Gasteiger partial charge in [0.05, 0.1) is 11.4 Å². The normalized spacial score (nSPS) is 10.3. The minimum absolute atomic E-state index is 0. The topological polar surface area (TPSA) is 184 Å². The van der Waals surface area contributed by atoms with E-state index in [1.54, 1.807) is 48.7 Å². The van der Waals surface area contributed by atoms with Gasteiger partial charge in [0.1, 0.15) is 11.4 Å². The van der Waals surface area contributed by atoms with Crippen molar-refractivity contribution in [3.63, 3.8) is 0 Å². The smallest absolute Gasteiger partial charge is 0.287 e. The number of anilines is 3. The lowest BCUT2D eigenvalue weighted by Gasteiger charge is -2.03. The maximum absolute atomic E-state index is 12.7. The van der Waals surface area contributed by atoms with Crippen LogP contribution in [0.25, 0.3) is 0 Å². The molecule has 7 N–H and O–H groups in total. The number of amides is 4. The summed E-state index contributed by atoms with van der Waals surface area (Å²) in [6.07, 6.45) is 4.70. The number of carbonyl (C=O) groups is 4. The number of nitrogens with two attached hydrogens (primary N) is 2. The van der Waals surface area contributed by atoms with E-state index in [9.17, 15) is 19.2 Å². The zero-order valence-corrected chi connectivity index (χ0v) is 19.6. The van der Waals surface area contributed by atoms with E-state index in [2.05, 4.69) is 20.9 Å². The van der Waals surface area contributed by atoms with Gasteiger partial charge in [-0.1, -0.05) is 0 Å². The largest absolute Gasteiger partial charge is 0.397 e. The van der Waals surface area contributed by atoms with E-state index in [0.717, 1.165) is 0 Å². The maximum Gasteiger partial charge on any atom is 0.287 e. The Balaban J connectivity index is 0.00000408. The van der Waals surface area contributed by atoms with E-state index >= 15 is 0 Å². The van der Waals surface area contributed by atoms with E-state index < -0.39 is 17.7 Å². The van der Waals surface area contributed by atoms with Crippen molar-refractivity contribution in [2.24, 2.45) is 26.9 Å². The molecule has 4 amide bonds. The fourth-order valence-electron chi connectivity index (χ4n) is 3.17. The van der Waals surface area contributed by atoms with Crippen LogP contribution < -0.4 is 27.4 Å². The SMILES string of the molecule is Cl.Cn1cc(N)cc1C(=O)Nc1cc(C(=O)Nc2cn(C)c(C(=O)NCCC(N)=O)n2)n(C)c1. The van der Waals surface area contributed by atoms with Crippen LogP contribution in [-0.2, 0) is 25.9 Å². The molecule has 182 valence electrons. The van der Waals surface area contributed by atoms with Gasteiger partial charge in [-0.3, -0.25) is 19.2 Å². The van der Waals surface area contributed by atoms with E-state index in [1.807, 2.05) is 0 Å². The molecule has 0 bridgehead atoms. The molecule has 0 saturated heterocycles. The fraction of sp³-hybridized carbons (Fsp3) is 0.250. The number of rotatable bonds is 8. The van der Waals surface area contributed by atoms with Crippen LogP contribution in [0, 0.1) is 0 Å². The molecule has 0 radical (unpaired) electrons. The Labute approximate surface area is 200 Å². The Hall–Kier alpha value is -4.26. The first-order chi connectivity index (χ1) is 15.5. The molecule has 0 unspecified atom stereocenters. The molecule has 0 aliphatic heterocycles. The van der Waals surface area contributed by atoms with Gasteiger partial charge < -0.3 is 41.1 Å². The van der Waals surface area contributed by atoms with Crippen molar-refractivity contribution in [3.05, 3.63) is 47.9 Å². The van der Waals surface area contributed by atoms with Gasteiger partial charge in [0, 0.05) is 52.7 Å². The van der Waals surface area contributed by atoms with Gasteiger partial charge in [-0.05, 0) is 12.1 Å².